The van der Waals surface area contributed by atoms with E-state index < -0.39 is 5.67 Å². The van der Waals surface area contributed by atoms with Gasteiger partial charge in [0, 0.05) is 44.1 Å². The van der Waals surface area contributed by atoms with Gasteiger partial charge in [-0.05, 0) is 12.5 Å². The van der Waals surface area contributed by atoms with Crippen LogP contribution in [0.4, 0.5) is 10.2 Å². The van der Waals surface area contributed by atoms with Gasteiger partial charge in [-0.1, -0.05) is 0 Å². The summed E-state index contributed by atoms with van der Waals surface area (Å²) in [6, 6.07) is 1.88. The summed E-state index contributed by atoms with van der Waals surface area (Å²) in [6.45, 7) is 2.20. The zero-order valence-corrected chi connectivity index (χ0v) is 14.5. The lowest BCUT2D eigenvalue weighted by Gasteiger charge is -2.37. The quantitative estimate of drug-likeness (QED) is 0.891. The van der Waals surface area contributed by atoms with E-state index in [9.17, 15) is 4.79 Å². The van der Waals surface area contributed by atoms with Gasteiger partial charge in [-0.15, -0.1) is 0 Å². The van der Waals surface area contributed by atoms with Crippen molar-refractivity contribution in [3.8, 4) is 0 Å². The minimum Gasteiger partial charge on any atom is -0.381 e. The summed E-state index contributed by atoms with van der Waals surface area (Å²) in [5.41, 5.74) is -0.601. The van der Waals surface area contributed by atoms with Crippen LogP contribution in [0.5, 0.6) is 0 Å². The Morgan fingerprint density at radius 2 is 2.23 bits per heavy atom. The highest BCUT2D eigenvalue weighted by atomic mass is 19.1. The number of alkyl halides is 1. The fourth-order valence-electron chi connectivity index (χ4n) is 3.57. The molecule has 0 aromatic carbocycles. The number of nitrogens with one attached hydrogen (secondary N) is 1. The number of rotatable bonds is 4. The summed E-state index contributed by atoms with van der Waals surface area (Å²) in [6.07, 6.45) is 6.35. The van der Waals surface area contributed by atoms with E-state index in [0.29, 0.717) is 45.6 Å². The average Bonchev–Trinajstić information content (AvgIpc) is 3.21. The molecule has 1 amide bonds. The highest BCUT2D eigenvalue weighted by Crippen LogP contribution is 2.31. The number of ether oxygens (including phenoxy) is 1. The highest BCUT2D eigenvalue weighted by Gasteiger charge is 2.36. The molecule has 2 aliphatic rings. The van der Waals surface area contributed by atoms with Gasteiger partial charge in [-0.25, -0.2) is 14.4 Å². The number of carbonyl (C=O) groups is 1. The Bertz CT molecular complexity index is 783. The van der Waals surface area contributed by atoms with E-state index in [1.807, 2.05) is 6.07 Å². The predicted molar refractivity (Wildman–Crippen MR) is 94.6 cm³/mol. The molecule has 0 spiro atoms. The largest absolute Gasteiger partial charge is 0.381 e. The van der Waals surface area contributed by atoms with Gasteiger partial charge in [-0.2, -0.15) is 0 Å². The van der Waals surface area contributed by atoms with Gasteiger partial charge in [0.15, 0.2) is 0 Å². The van der Waals surface area contributed by atoms with Gasteiger partial charge in [0.05, 0.1) is 30.8 Å². The van der Waals surface area contributed by atoms with Crippen molar-refractivity contribution >= 4 is 22.6 Å². The van der Waals surface area contributed by atoms with E-state index in [0.717, 1.165) is 16.7 Å². The first-order valence-electron chi connectivity index (χ1n) is 8.99. The minimum absolute atomic E-state index is 0.0601. The third-order valence-electron chi connectivity index (χ3n) is 5.26. The van der Waals surface area contributed by atoms with Gasteiger partial charge < -0.3 is 15.0 Å². The van der Waals surface area contributed by atoms with Crippen LogP contribution in [0.1, 0.15) is 19.3 Å². The number of halogens is 1. The molecule has 2 aliphatic heterocycles. The van der Waals surface area contributed by atoms with E-state index in [2.05, 4.69) is 25.2 Å². The van der Waals surface area contributed by atoms with Crippen LogP contribution < -0.4 is 10.2 Å². The number of aromatic nitrogens is 3. The summed E-state index contributed by atoms with van der Waals surface area (Å²) < 4.78 is 20.3. The average molecular weight is 359 g/mol. The molecule has 1 atom stereocenters. The Labute approximate surface area is 151 Å². The summed E-state index contributed by atoms with van der Waals surface area (Å²) in [5, 5.41) is 3.69. The Morgan fingerprint density at radius 3 is 3.00 bits per heavy atom. The molecule has 138 valence electrons. The summed E-state index contributed by atoms with van der Waals surface area (Å²) in [5.74, 6) is 0.572. The van der Waals surface area contributed by atoms with E-state index in [1.165, 1.54) is 6.33 Å². The molecule has 2 aromatic rings. The topological polar surface area (TPSA) is 80.2 Å². The first kappa shape index (κ1) is 17.1. The fraction of sp³-hybridized carbons (Fsp3) is 0.556. The molecule has 0 saturated carbocycles. The standard InChI is InChI=1S/C18H22FN5O2/c19-18(11-21-17(25)13-2-8-26-10-13)3-6-24(7-4-18)16-14-1-5-20-9-15(14)22-12-23-16/h1,5,9,12-13H,2-4,6-8,10-11H2,(H,21,25). The Hall–Kier alpha value is -2.35. The van der Waals surface area contributed by atoms with Crippen molar-refractivity contribution < 1.29 is 13.9 Å². The maximum Gasteiger partial charge on any atom is 0.225 e. The summed E-state index contributed by atoms with van der Waals surface area (Å²) >= 11 is 0. The molecule has 2 fully saturated rings. The third-order valence-corrected chi connectivity index (χ3v) is 5.26. The molecule has 7 nitrogen and oxygen atoms in total. The van der Waals surface area contributed by atoms with Crippen molar-refractivity contribution in [3.05, 3.63) is 24.8 Å². The summed E-state index contributed by atoms with van der Waals surface area (Å²) in [7, 11) is 0. The van der Waals surface area contributed by atoms with Crippen LogP contribution in [0.25, 0.3) is 10.9 Å². The van der Waals surface area contributed by atoms with E-state index in [4.69, 9.17) is 4.74 Å². The van der Waals surface area contributed by atoms with Crippen molar-refractivity contribution in [3.63, 3.8) is 0 Å². The molecule has 1 N–H and O–H groups in total. The van der Waals surface area contributed by atoms with Crippen molar-refractivity contribution in [1.82, 2.24) is 20.3 Å². The van der Waals surface area contributed by atoms with E-state index in [-0.39, 0.29) is 18.4 Å². The lowest BCUT2D eigenvalue weighted by molar-refractivity contribution is -0.125. The Morgan fingerprint density at radius 1 is 1.38 bits per heavy atom. The van der Waals surface area contributed by atoms with Gasteiger partial charge in [0.2, 0.25) is 5.91 Å². The second kappa shape index (κ2) is 7.11. The zero-order chi connectivity index (χ0) is 18.0. The molecule has 8 heteroatoms. The SMILES string of the molecule is O=C(NCC1(F)CCN(c2ncnc3cnccc23)CC1)C1CCOC1. The molecule has 4 rings (SSSR count). The normalized spacial score (nSPS) is 22.5. The minimum atomic E-state index is -1.38. The second-order valence-corrected chi connectivity index (χ2v) is 7.01. The van der Waals surface area contributed by atoms with Crippen molar-refractivity contribution in [2.24, 2.45) is 5.92 Å². The van der Waals surface area contributed by atoms with Crippen LogP contribution in [0.15, 0.2) is 24.8 Å². The number of pyridine rings is 1. The Balaban J connectivity index is 1.37. The number of hydrogen-bond acceptors (Lipinski definition) is 6. The van der Waals surface area contributed by atoms with Gasteiger partial charge in [0.25, 0.3) is 0 Å². The molecule has 2 aromatic heterocycles. The molecule has 26 heavy (non-hydrogen) atoms. The van der Waals surface area contributed by atoms with Crippen LogP contribution in [0.3, 0.4) is 0 Å². The molecule has 4 heterocycles. The van der Waals surface area contributed by atoms with E-state index in [1.54, 1.807) is 12.4 Å². The number of nitrogens with zero attached hydrogens (tertiary/aromatic N) is 4. The van der Waals surface area contributed by atoms with Crippen LogP contribution >= 0.6 is 0 Å². The van der Waals surface area contributed by atoms with Gasteiger partial charge in [0.1, 0.15) is 17.8 Å². The molecular formula is C18H22FN5O2. The maximum atomic E-state index is 15.1. The lowest BCUT2D eigenvalue weighted by atomic mass is 9.92. The molecule has 0 bridgehead atoms. The van der Waals surface area contributed by atoms with Crippen molar-refractivity contribution in [1.29, 1.82) is 0 Å². The first-order valence-corrected chi connectivity index (χ1v) is 8.99. The van der Waals surface area contributed by atoms with Crippen molar-refractivity contribution in [2.45, 2.75) is 24.9 Å². The Kier molecular flexibility index (Phi) is 4.67. The van der Waals surface area contributed by atoms with Crippen LogP contribution in [-0.4, -0.2) is 59.4 Å². The lowest BCUT2D eigenvalue weighted by Crippen LogP contribution is -2.49. The van der Waals surface area contributed by atoms with E-state index >= 15 is 4.39 Å². The van der Waals surface area contributed by atoms with Crippen LogP contribution in [0, 0.1) is 5.92 Å². The predicted octanol–water partition coefficient (Wildman–Crippen LogP) is 1.49. The smallest absolute Gasteiger partial charge is 0.225 e. The molecule has 0 aliphatic carbocycles. The maximum absolute atomic E-state index is 15.1. The number of carbonyl (C=O) groups excluding carboxylic acids is 1. The van der Waals surface area contributed by atoms with Gasteiger partial charge in [-0.3, -0.25) is 9.78 Å². The third kappa shape index (κ3) is 3.46. The van der Waals surface area contributed by atoms with Crippen LogP contribution in [0.2, 0.25) is 0 Å². The fourth-order valence-corrected chi connectivity index (χ4v) is 3.57. The molecule has 0 radical (unpaired) electrons. The van der Waals surface area contributed by atoms with Crippen LogP contribution in [-0.2, 0) is 9.53 Å². The monoisotopic (exact) mass is 359 g/mol. The molecular weight excluding hydrogens is 337 g/mol. The number of piperidine rings is 1. The molecule has 2 saturated heterocycles. The van der Waals surface area contributed by atoms with Gasteiger partial charge >= 0.3 is 0 Å². The molecule has 1 unspecified atom stereocenters. The highest BCUT2D eigenvalue weighted by molar-refractivity contribution is 5.88. The second-order valence-electron chi connectivity index (χ2n) is 7.01. The zero-order valence-electron chi connectivity index (χ0n) is 14.5. The number of fused-ring (bicyclic) bond motifs is 1. The summed E-state index contributed by atoms with van der Waals surface area (Å²) in [4.78, 5) is 26.8. The number of amides is 1. The number of anilines is 1. The first-order chi connectivity index (χ1) is 12.6. The van der Waals surface area contributed by atoms with Crippen molar-refractivity contribution in [2.75, 3.05) is 37.7 Å². The number of hydrogen-bond donors (Lipinski definition) is 1.